The van der Waals surface area contributed by atoms with Crippen LogP contribution in [-0.4, -0.2) is 17.2 Å². The van der Waals surface area contributed by atoms with Gasteiger partial charge in [0, 0.05) is 41.3 Å². The van der Waals surface area contributed by atoms with E-state index < -0.39 is 0 Å². The van der Waals surface area contributed by atoms with Crippen molar-refractivity contribution in [2.45, 2.75) is 32.9 Å². The van der Waals surface area contributed by atoms with Gasteiger partial charge in [-0.2, -0.15) is 0 Å². The topological polar surface area (TPSA) is 17.0 Å². The second kappa shape index (κ2) is 5.56. The van der Waals surface area contributed by atoms with E-state index in [1.807, 2.05) is 12.1 Å². The molecule has 0 aliphatic rings. The highest BCUT2D eigenvalue weighted by Crippen LogP contribution is 2.20. The molecule has 1 atom stereocenters. The summed E-state index contributed by atoms with van der Waals surface area (Å²) >= 11 is 5.97. The van der Waals surface area contributed by atoms with E-state index in [1.165, 1.54) is 17.3 Å². The van der Waals surface area contributed by atoms with Crippen LogP contribution in [0.15, 0.2) is 30.5 Å². The van der Waals surface area contributed by atoms with Crippen LogP contribution in [0.4, 0.5) is 0 Å². The van der Waals surface area contributed by atoms with Gasteiger partial charge in [-0.05, 0) is 37.6 Å². The van der Waals surface area contributed by atoms with E-state index >= 15 is 0 Å². The number of fused-ring (bicyclic) bond motifs is 1. The van der Waals surface area contributed by atoms with E-state index in [9.17, 15) is 0 Å². The number of halogens is 1. The lowest BCUT2D eigenvalue weighted by Crippen LogP contribution is -2.28. The summed E-state index contributed by atoms with van der Waals surface area (Å²) in [5, 5.41) is 5.51. The van der Waals surface area contributed by atoms with Crippen LogP contribution >= 0.6 is 11.6 Å². The molecule has 1 aromatic carbocycles. The monoisotopic (exact) mass is 250 g/mol. The van der Waals surface area contributed by atoms with Crippen molar-refractivity contribution in [1.82, 2.24) is 9.88 Å². The Bertz CT molecular complexity index is 490. The molecule has 1 heterocycles. The summed E-state index contributed by atoms with van der Waals surface area (Å²) in [6.45, 7) is 6.41. The minimum atomic E-state index is 0.589. The van der Waals surface area contributed by atoms with Crippen molar-refractivity contribution in [1.29, 1.82) is 0 Å². The Morgan fingerprint density at radius 2 is 2.18 bits per heavy atom. The molecule has 0 fully saturated rings. The molecule has 0 aliphatic carbocycles. The fourth-order valence-corrected chi connectivity index (χ4v) is 2.12. The highest BCUT2D eigenvalue weighted by molar-refractivity contribution is 6.31. The van der Waals surface area contributed by atoms with Gasteiger partial charge in [-0.3, -0.25) is 0 Å². The Morgan fingerprint density at radius 1 is 1.35 bits per heavy atom. The van der Waals surface area contributed by atoms with Gasteiger partial charge in [-0.25, -0.2) is 0 Å². The van der Waals surface area contributed by atoms with Gasteiger partial charge in [0.05, 0.1) is 0 Å². The second-order valence-corrected chi connectivity index (χ2v) is 4.91. The number of rotatable bonds is 5. The predicted molar refractivity (Wildman–Crippen MR) is 74.7 cm³/mol. The molecule has 0 bridgehead atoms. The van der Waals surface area contributed by atoms with Gasteiger partial charge < -0.3 is 9.88 Å². The summed E-state index contributed by atoms with van der Waals surface area (Å²) in [4.78, 5) is 0. The molecule has 0 saturated carbocycles. The highest BCUT2D eigenvalue weighted by Gasteiger charge is 2.02. The molecular weight excluding hydrogens is 232 g/mol. The largest absolute Gasteiger partial charge is 0.346 e. The number of aromatic nitrogens is 1. The minimum absolute atomic E-state index is 0.589. The Morgan fingerprint density at radius 3 is 2.94 bits per heavy atom. The molecule has 17 heavy (non-hydrogen) atoms. The SMILES string of the molecule is CCC(C)NCCn1ccc2cc(Cl)ccc21. The Balaban J connectivity index is 2.04. The maximum absolute atomic E-state index is 5.97. The van der Waals surface area contributed by atoms with E-state index in [0.717, 1.165) is 18.1 Å². The minimum Gasteiger partial charge on any atom is -0.346 e. The van der Waals surface area contributed by atoms with E-state index in [2.05, 4.69) is 42.1 Å². The number of hydrogen-bond acceptors (Lipinski definition) is 1. The normalized spacial score (nSPS) is 13.1. The summed E-state index contributed by atoms with van der Waals surface area (Å²) in [7, 11) is 0. The third kappa shape index (κ3) is 3.02. The quantitative estimate of drug-likeness (QED) is 0.857. The molecular formula is C14H19ClN2. The first-order chi connectivity index (χ1) is 8.20. The molecule has 2 rings (SSSR count). The summed E-state index contributed by atoms with van der Waals surface area (Å²) in [5.41, 5.74) is 1.25. The van der Waals surface area contributed by atoms with Crippen LogP contribution in [-0.2, 0) is 6.54 Å². The fraction of sp³-hybridized carbons (Fsp3) is 0.429. The first-order valence-corrected chi connectivity index (χ1v) is 6.56. The first-order valence-electron chi connectivity index (χ1n) is 6.18. The zero-order valence-corrected chi connectivity index (χ0v) is 11.2. The van der Waals surface area contributed by atoms with Crippen LogP contribution in [0.25, 0.3) is 10.9 Å². The van der Waals surface area contributed by atoms with Crippen molar-refractivity contribution in [3.8, 4) is 0 Å². The van der Waals surface area contributed by atoms with Gasteiger partial charge in [0.15, 0.2) is 0 Å². The number of hydrogen-bond donors (Lipinski definition) is 1. The second-order valence-electron chi connectivity index (χ2n) is 4.48. The van der Waals surface area contributed by atoms with Crippen molar-refractivity contribution in [2.75, 3.05) is 6.54 Å². The summed E-state index contributed by atoms with van der Waals surface area (Å²) < 4.78 is 2.26. The number of benzene rings is 1. The van der Waals surface area contributed by atoms with Crippen molar-refractivity contribution in [2.24, 2.45) is 0 Å². The smallest absolute Gasteiger partial charge is 0.0481 e. The lowest BCUT2D eigenvalue weighted by molar-refractivity contribution is 0.509. The highest BCUT2D eigenvalue weighted by atomic mass is 35.5. The average Bonchev–Trinajstić information content (AvgIpc) is 2.71. The third-order valence-corrected chi connectivity index (χ3v) is 3.43. The van der Waals surface area contributed by atoms with Crippen molar-refractivity contribution < 1.29 is 0 Å². The van der Waals surface area contributed by atoms with E-state index in [-0.39, 0.29) is 0 Å². The van der Waals surface area contributed by atoms with Crippen LogP contribution < -0.4 is 5.32 Å². The number of nitrogens with zero attached hydrogens (tertiary/aromatic N) is 1. The molecule has 1 N–H and O–H groups in total. The van der Waals surface area contributed by atoms with Crippen LogP contribution in [0.3, 0.4) is 0 Å². The van der Waals surface area contributed by atoms with Crippen LogP contribution in [0, 0.1) is 0 Å². The molecule has 0 amide bonds. The number of nitrogens with one attached hydrogen (secondary N) is 1. The van der Waals surface area contributed by atoms with Crippen LogP contribution in [0.1, 0.15) is 20.3 Å². The molecule has 2 aromatic rings. The molecule has 3 heteroatoms. The van der Waals surface area contributed by atoms with Crippen LogP contribution in [0.2, 0.25) is 5.02 Å². The van der Waals surface area contributed by atoms with Crippen molar-refractivity contribution >= 4 is 22.5 Å². The average molecular weight is 251 g/mol. The van der Waals surface area contributed by atoms with Gasteiger partial charge in [-0.1, -0.05) is 18.5 Å². The molecule has 0 aliphatic heterocycles. The third-order valence-electron chi connectivity index (χ3n) is 3.19. The predicted octanol–water partition coefficient (Wildman–Crippen LogP) is 3.68. The maximum atomic E-state index is 5.97. The summed E-state index contributed by atoms with van der Waals surface area (Å²) in [5.74, 6) is 0. The van der Waals surface area contributed by atoms with Crippen molar-refractivity contribution in [3.63, 3.8) is 0 Å². The maximum Gasteiger partial charge on any atom is 0.0481 e. The summed E-state index contributed by atoms with van der Waals surface area (Å²) in [6, 6.07) is 8.75. The lowest BCUT2D eigenvalue weighted by Gasteiger charge is -2.12. The Kier molecular flexibility index (Phi) is 4.08. The van der Waals surface area contributed by atoms with Crippen molar-refractivity contribution in [3.05, 3.63) is 35.5 Å². The molecule has 0 spiro atoms. The van der Waals surface area contributed by atoms with E-state index in [4.69, 9.17) is 11.6 Å². The standard InChI is InChI=1S/C14H19ClN2/c1-3-11(2)16-7-9-17-8-6-12-10-13(15)4-5-14(12)17/h4-6,8,10-11,16H,3,7,9H2,1-2H3. The molecule has 2 nitrogen and oxygen atoms in total. The van der Waals surface area contributed by atoms with E-state index in [1.54, 1.807) is 0 Å². The van der Waals surface area contributed by atoms with Crippen LogP contribution in [0.5, 0.6) is 0 Å². The fourth-order valence-electron chi connectivity index (χ4n) is 1.94. The summed E-state index contributed by atoms with van der Waals surface area (Å²) in [6.07, 6.45) is 3.29. The molecule has 92 valence electrons. The zero-order chi connectivity index (χ0) is 12.3. The van der Waals surface area contributed by atoms with Gasteiger partial charge >= 0.3 is 0 Å². The van der Waals surface area contributed by atoms with Gasteiger partial charge in [0.25, 0.3) is 0 Å². The van der Waals surface area contributed by atoms with Gasteiger partial charge in [0.2, 0.25) is 0 Å². The van der Waals surface area contributed by atoms with E-state index in [0.29, 0.717) is 6.04 Å². The first kappa shape index (κ1) is 12.5. The molecule has 1 unspecified atom stereocenters. The van der Waals surface area contributed by atoms with Gasteiger partial charge in [0.1, 0.15) is 0 Å². The Hall–Kier alpha value is -0.990. The molecule has 0 radical (unpaired) electrons. The molecule has 1 aromatic heterocycles. The lowest BCUT2D eigenvalue weighted by atomic mass is 10.2. The zero-order valence-electron chi connectivity index (χ0n) is 10.4. The Labute approximate surface area is 108 Å². The molecule has 0 saturated heterocycles. The van der Waals surface area contributed by atoms with Gasteiger partial charge in [-0.15, -0.1) is 0 Å².